The highest BCUT2D eigenvalue weighted by Crippen LogP contribution is 2.36. The fourth-order valence-corrected chi connectivity index (χ4v) is 4.98. The first-order valence-electron chi connectivity index (χ1n) is 12.8. The first-order valence-corrected chi connectivity index (χ1v) is 13.1. The number of benzene rings is 3. The molecule has 4 aromatic rings. The molecule has 7 heteroatoms. The fourth-order valence-electron chi connectivity index (χ4n) is 4.81. The summed E-state index contributed by atoms with van der Waals surface area (Å²) in [7, 11) is 0. The molecule has 192 valence electrons. The molecular weight excluding hydrogens is 486 g/mol. The van der Waals surface area contributed by atoms with Crippen LogP contribution in [0.1, 0.15) is 29.0 Å². The van der Waals surface area contributed by atoms with Crippen LogP contribution in [0.3, 0.4) is 0 Å². The summed E-state index contributed by atoms with van der Waals surface area (Å²) in [5.41, 5.74) is 4.17. The third kappa shape index (κ3) is 6.72. The molecule has 0 bridgehead atoms. The third-order valence-electron chi connectivity index (χ3n) is 6.80. The fraction of sp³-hybridized carbons (Fsp3) is 0.300. The van der Waals surface area contributed by atoms with Gasteiger partial charge in [0, 0.05) is 60.6 Å². The number of nitrogens with one attached hydrogen (secondary N) is 2. The van der Waals surface area contributed by atoms with Gasteiger partial charge in [0.05, 0.1) is 13.2 Å². The van der Waals surface area contributed by atoms with Crippen LogP contribution >= 0.6 is 11.6 Å². The first-order chi connectivity index (χ1) is 18.2. The summed E-state index contributed by atoms with van der Waals surface area (Å²) in [5, 5.41) is 4.81. The smallest absolute Gasteiger partial charge is 0.220 e. The molecule has 1 saturated heterocycles. The minimum Gasteiger partial charge on any atom is -0.489 e. The van der Waals surface area contributed by atoms with Crippen LogP contribution in [-0.2, 0) is 16.1 Å². The number of morpholine rings is 1. The number of ether oxygens (including phenoxy) is 2. The molecule has 2 heterocycles. The first kappa shape index (κ1) is 25.3. The standard InChI is InChI=1S/C30H32ClN3O3/c31-24-9-10-29-27(18-24)28(20-33-29)26(19-30(35)32-11-12-34-13-15-36-16-14-34)23-7-4-8-25(17-23)37-21-22-5-2-1-3-6-22/h1-10,17-18,20,26,33H,11-16,19,21H2,(H,32,35). The summed E-state index contributed by atoms with van der Waals surface area (Å²) < 4.78 is 11.5. The van der Waals surface area contributed by atoms with Gasteiger partial charge in [0.15, 0.2) is 0 Å². The number of fused-ring (bicyclic) bond motifs is 1. The van der Waals surface area contributed by atoms with Crippen molar-refractivity contribution in [2.45, 2.75) is 18.9 Å². The summed E-state index contributed by atoms with van der Waals surface area (Å²) in [6.07, 6.45) is 2.31. The lowest BCUT2D eigenvalue weighted by Gasteiger charge is -2.26. The van der Waals surface area contributed by atoms with Crippen LogP contribution < -0.4 is 10.1 Å². The second-order valence-electron chi connectivity index (χ2n) is 9.34. The second kappa shape index (κ2) is 12.3. The lowest BCUT2D eigenvalue weighted by molar-refractivity contribution is -0.121. The zero-order valence-electron chi connectivity index (χ0n) is 20.8. The summed E-state index contributed by atoms with van der Waals surface area (Å²) in [6, 6.07) is 23.9. The summed E-state index contributed by atoms with van der Waals surface area (Å²) in [5.74, 6) is 0.637. The van der Waals surface area contributed by atoms with E-state index in [0.717, 1.165) is 66.2 Å². The third-order valence-corrected chi connectivity index (χ3v) is 7.04. The van der Waals surface area contributed by atoms with Crippen molar-refractivity contribution in [1.29, 1.82) is 0 Å². The van der Waals surface area contributed by atoms with Crippen LogP contribution in [0.5, 0.6) is 5.75 Å². The molecule has 1 atom stereocenters. The number of H-pyrrole nitrogens is 1. The van der Waals surface area contributed by atoms with Crippen LogP contribution in [0.4, 0.5) is 0 Å². The van der Waals surface area contributed by atoms with E-state index < -0.39 is 0 Å². The Bertz CT molecular complexity index is 1320. The quantitative estimate of drug-likeness (QED) is 0.297. The van der Waals surface area contributed by atoms with E-state index in [1.54, 1.807) is 0 Å². The van der Waals surface area contributed by atoms with Crippen molar-refractivity contribution in [2.24, 2.45) is 0 Å². The van der Waals surface area contributed by atoms with Crippen LogP contribution in [0, 0.1) is 0 Å². The molecule has 0 aliphatic carbocycles. The molecule has 1 aliphatic rings. The molecule has 0 radical (unpaired) electrons. The molecular formula is C30H32ClN3O3. The predicted octanol–water partition coefficient (Wildman–Crippen LogP) is 5.37. The Balaban J connectivity index is 1.34. The number of aromatic amines is 1. The van der Waals surface area contributed by atoms with E-state index in [-0.39, 0.29) is 11.8 Å². The number of carbonyl (C=O) groups excluding carboxylic acids is 1. The van der Waals surface area contributed by atoms with Crippen molar-refractivity contribution in [3.8, 4) is 5.75 Å². The Morgan fingerprint density at radius 3 is 2.73 bits per heavy atom. The number of halogens is 1. The number of aromatic nitrogens is 1. The number of rotatable bonds is 10. The molecule has 1 aromatic heterocycles. The maximum absolute atomic E-state index is 13.1. The van der Waals surface area contributed by atoms with E-state index in [1.807, 2.05) is 72.9 Å². The molecule has 1 unspecified atom stereocenters. The molecule has 1 aliphatic heterocycles. The van der Waals surface area contributed by atoms with E-state index in [4.69, 9.17) is 21.1 Å². The van der Waals surface area contributed by atoms with Gasteiger partial charge in [0.25, 0.3) is 0 Å². The zero-order chi connectivity index (χ0) is 25.5. The number of carbonyl (C=O) groups is 1. The Labute approximate surface area is 222 Å². The predicted molar refractivity (Wildman–Crippen MR) is 147 cm³/mol. The van der Waals surface area contributed by atoms with Gasteiger partial charge in [0.2, 0.25) is 5.91 Å². The number of nitrogens with zero attached hydrogens (tertiary/aromatic N) is 1. The number of hydrogen-bond donors (Lipinski definition) is 2. The van der Waals surface area contributed by atoms with E-state index in [9.17, 15) is 4.79 Å². The normalized spacial score (nSPS) is 14.9. The van der Waals surface area contributed by atoms with Crippen molar-refractivity contribution in [1.82, 2.24) is 15.2 Å². The lowest BCUT2D eigenvalue weighted by atomic mass is 9.88. The van der Waals surface area contributed by atoms with Gasteiger partial charge < -0.3 is 19.8 Å². The van der Waals surface area contributed by atoms with Gasteiger partial charge in [-0.05, 0) is 47.0 Å². The van der Waals surface area contributed by atoms with Crippen LogP contribution in [0.15, 0.2) is 79.0 Å². The van der Waals surface area contributed by atoms with Crippen LogP contribution in [0.2, 0.25) is 5.02 Å². The molecule has 3 aromatic carbocycles. The summed E-state index contributed by atoms with van der Waals surface area (Å²) in [6.45, 7) is 5.24. The molecule has 2 N–H and O–H groups in total. The molecule has 6 nitrogen and oxygen atoms in total. The second-order valence-corrected chi connectivity index (χ2v) is 9.78. The SMILES string of the molecule is O=C(CC(c1cccc(OCc2ccccc2)c1)c1c[nH]c2ccc(Cl)cc12)NCCN1CCOCC1. The van der Waals surface area contributed by atoms with Crippen LogP contribution in [0.25, 0.3) is 10.9 Å². The highest BCUT2D eigenvalue weighted by Gasteiger charge is 2.22. The van der Waals surface area contributed by atoms with Crippen molar-refractivity contribution < 1.29 is 14.3 Å². The van der Waals surface area contributed by atoms with Crippen molar-refractivity contribution in [3.63, 3.8) is 0 Å². The maximum Gasteiger partial charge on any atom is 0.220 e. The van der Waals surface area contributed by atoms with E-state index in [1.165, 1.54) is 0 Å². The Morgan fingerprint density at radius 1 is 1.05 bits per heavy atom. The zero-order valence-corrected chi connectivity index (χ0v) is 21.5. The number of hydrogen-bond acceptors (Lipinski definition) is 4. The Morgan fingerprint density at radius 2 is 1.89 bits per heavy atom. The summed E-state index contributed by atoms with van der Waals surface area (Å²) >= 11 is 6.34. The van der Waals surface area contributed by atoms with E-state index >= 15 is 0 Å². The molecule has 1 fully saturated rings. The molecule has 37 heavy (non-hydrogen) atoms. The van der Waals surface area contributed by atoms with E-state index in [0.29, 0.717) is 24.6 Å². The van der Waals surface area contributed by atoms with Gasteiger partial charge >= 0.3 is 0 Å². The minimum atomic E-state index is -0.157. The topological polar surface area (TPSA) is 66.6 Å². The molecule has 1 amide bonds. The van der Waals surface area contributed by atoms with Gasteiger partial charge in [-0.3, -0.25) is 9.69 Å². The highest BCUT2D eigenvalue weighted by molar-refractivity contribution is 6.31. The molecule has 0 spiro atoms. The minimum absolute atomic E-state index is 0.0187. The Hall–Kier alpha value is -3.32. The summed E-state index contributed by atoms with van der Waals surface area (Å²) in [4.78, 5) is 18.8. The largest absolute Gasteiger partial charge is 0.489 e. The van der Waals surface area contributed by atoms with Crippen LogP contribution in [-0.4, -0.2) is 55.2 Å². The van der Waals surface area contributed by atoms with Crippen molar-refractivity contribution >= 4 is 28.4 Å². The van der Waals surface area contributed by atoms with Gasteiger partial charge in [-0.25, -0.2) is 0 Å². The van der Waals surface area contributed by atoms with Gasteiger partial charge in [-0.15, -0.1) is 0 Å². The number of amides is 1. The molecule has 5 rings (SSSR count). The van der Waals surface area contributed by atoms with E-state index in [2.05, 4.69) is 21.3 Å². The average Bonchev–Trinajstić information content (AvgIpc) is 3.34. The monoisotopic (exact) mass is 517 g/mol. The highest BCUT2D eigenvalue weighted by atomic mass is 35.5. The van der Waals surface area contributed by atoms with Gasteiger partial charge in [0.1, 0.15) is 12.4 Å². The molecule has 0 saturated carbocycles. The lowest BCUT2D eigenvalue weighted by Crippen LogP contribution is -2.41. The van der Waals surface area contributed by atoms with Crippen molar-refractivity contribution in [2.75, 3.05) is 39.4 Å². The van der Waals surface area contributed by atoms with Gasteiger partial charge in [-0.2, -0.15) is 0 Å². The van der Waals surface area contributed by atoms with Gasteiger partial charge in [-0.1, -0.05) is 54.1 Å². The van der Waals surface area contributed by atoms with Crippen molar-refractivity contribution in [3.05, 3.63) is 101 Å². The Kier molecular flexibility index (Phi) is 8.41. The average molecular weight is 518 g/mol. The maximum atomic E-state index is 13.1.